The molecule has 0 saturated heterocycles. The summed E-state index contributed by atoms with van der Waals surface area (Å²) in [6, 6.07) is 6.88. The molecule has 3 nitrogen and oxygen atoms in total. The van der Waals surface area contributed by atoms with E-state index in [-0.39, 0.29) is 12.5 Å². The quantitative estimate of drug-likeness (QED) is 0.750. The van der Waals surface area contributed by atoms with Crippen LogP contribution in [0.3, 0.4) is 0 Å². The first kappa shape index (κ1) is 12.1. The Morgan fingerprint density at radius 3 is 2.88 bits per heavy atom. The number of carbonyl (C=O) groups is 1. The Bertz CT molecular complexity index is 506. The smallest absolute Gasteiger partial charge is 0.217 e. The molecule has 0 atom stereocenters. The Labute approximate surface area is 99.0 Å². The van der Waals surface area contributed by atoms with Crippen LogP contribution >= 0.6 is 11.6 Å². The van der Waals surface area contributed by atoms with Crippen LogP contribution in [0.4, 0.5) is 0 Å². The number of rotatable bonds is 1. The summed E-state index contributed by atoms with van der Waals surface area (Å²) in [5.74, 6) is 5.45. The van der Waals surface area contributed by atoms with E-state index < -0.39 is 0 Å². The summed E-state index contributed by atoms with van der Waals surface area (Å²) < 4.78 is 0. The molecule has 16 heavy (non-hydrogen) atoms. The second-order valence-corrected chi connectivity index (χ2v) is 3.43. The maximum atomic E-state index is 10.6. The molecule has 80 valence electrons. The number of hydrogen-bond acceptors (Lipinski definition) is 2. The molecular formula is C12H9ClN2O. The van der Waals surface area contributed by atoms with Crippen molar-refractivity contribution in [1.82, 2.24) is 5.32 Å². The van der Waals surface area contributed by atoms with Crippen molar-refractivity contribution in [1.29, 1.82) is 5.26 Å². The average Bonchev–Trinajstić information content (AvgIpc) is 2.25. The van der Waals surface area contributed by atoms with Gasteiger partial charge in [-0.3, -0.25) is 4.79 Å². The Hall–Kier alpha value is -1.97. The molecule has 0 unspecified atom stereocenters. The molecule has 0 aliphatic heterocycles. The molecule has 0 bridgehead atoms. The Balaban J connectivity index is 2.75. The highest BCUT2D eigenvalue weighted by Crippen LogP contribution is 2.16. The molecule has 0 fully saturated rings. The molecule has 1 aromatic rings. The van der Waals surface area contributed by atoms with Crippen LogP contribution in [-0.2, 0) is 4.79 Å². The first-order valence-electron chi connectivity index (χ1n) is 4.56. The first-order chi connectivity index (χ1) is 7.63. The van der Waals surface area contributed by atoms with E-state index in [9.17, 15) is 4.79 Å². The minimum absolute atomic E-state index is 0.125. The molecule has 4 heteroatoms. The van der Waals surface area contributed by atoms with Gasteiger partial charge in [-0.05, 0) is 18.2 Å². The van der Waals surface area contributed by atoms with E-state index in [2.05, 4.69) is 17.2 Å². The van der Waals surface area contributed by atoms with E-state index in [0.717, 1.165) is 0 Å². The monoisotopic (exact) mass is 232 g/mol. The number of amides is 1. The second kappa shape index (κ2) is 5.80. The fourth-order valence-electron chi connectivity index (χ4n) is 0.994. The maximum absolute atomic E-state index is 10.6. The minimum Gasteiger partial charge on any atom is -0.345 e. The molecule has 0 saturated carbocycles. The lowest BCUT2D eigenvalue weighted by Crippen LogP contribution is -2.19. The number of nitrogens with one attached hydrogen (secondary N) is 1. The fourth-order valence-corrected chi connectivity index (χ4v) is 1.22. The molecule has 1 N–H and O–H groups in total. The van der Waals surface area contributed by atoms with Gasteiger partial charge in [0, 0.05) is 12.5 Å². The van der Waals surface area contributed by atoms with E-state index in [1.807, 2.05) is 6.07 Å². The Morgan fingerprint density at radius 1 is 1.56 bits per heavy atom. The number of nitriles is 1. The van der Waals surface area contributed by atoms with Gasteiger partial charge >= 0.3 is 0 Å². The van der Waals surface area contributed by atoms with Gasteiger partial charge in [0.2, 0.25) is 5.91 Å². The minimum atomic E-state index is -0.125. The normalized spacial score (nSPS) is 8.56. The van der Waals surface area contributed by atoms with Crippen LogP contribution in [0.15, 0.2) is 18.2 Å². The lowest BCUT2D eigenvalue weighted by Gasteiger charge is -1.96. The predicted octanol–water partition coefficient (Wildman–Crippen LogP) is 1.70. The van der Waals surface area contributed by atoms with Crippen LogP contribution in [0.1, 0.15) is 18.1 Å². The van der Waals surface area contributed by atoms with E-state index >= 15 is 0 Å². The van der Waals surface area contributed by atoms with Crippen molar-refractivity contribution in [2.24, 2.45) is 0 Å². The average molecular weight is 233 g/mol. The summed E-state index contributed by atoms with van der Waals surface area (Å²) in [5, 5.41) is 11.6. The third kappa shape index (κ3) is 3.65. The van der Waals surface area contributed by atoms with Crippen LogP contribution in [-0.4, -0.2) is 12.5 Å². The highest BCUT2D eigenvalue weighted by Gasteiger charge is 1.98. The molecule has 1 amide bonds. The number of halogens is 1. The van der Waals surface area contributed by atoms with E-state index in [0.29, 0.717) is 16.1 Å². The van der Waals surface area contributed by atoms with Gasteiger partial charge in [0.25, 0.3) is 0 Å². The van der Waals surface area contributed by atoms with Gasteiger partial charge in [-0.2, -0.15) is 5.26 Å². The van der Waals surface area contributed by atoms with Crippen molar-refractivity contribution in [2.45, 2.75) is 6.92 Å². The molecule has 0 radical (unpaired) electrons. The van der Waals surface area contributed by atoms with E-state index in [1.165, 1.54) is 6.92 Å². The second-order valence-electron chi connectivity index (χ2n) is 3.02. The molecular weight excluding hydrogens is 224 g/mol. The standard InChI is InChI=1S/C12H9ClN2O/c1-9(16)15-6-2-3-11-5-4-10(8-14)7-12(11)13/h4-5,7H,6H2,1H3,(H,15,16). The van der Waals surface area contributed by atoms with Crippen LogP contribution < -0.4 is 5.32 Å². The van der Waals surface area contributed by atoms with Crippen LogP contribution in [0, 0.1) is 23.2 Å². The van der Waals surface area contributed by atoms with Crippen LogP contribution in [0.25, 0.3) is 0 Å². The van der Waals surface area contributed by atoms with Crippen molar-refractivity contribution in [3.8, 4) is 17.9 Å². The molecule has 0 aliphatic carbocycles. The van der Waals surface area contributed by atoms with Gasteiger partial charge in [-0.15, -0.1) is 0 Å². The largest absolute Gasteiger partial charge is 0.345 e. The van der Waals surface area contributed by atoms with Crippen LogP contribution in [0.2, 0.25) is 5.02 Å². The molecule has 1 aromatic carbocycles. The summed E-state index contributed by atoms with van der Waals surface area (Å²) in [4.78, 5) is 10.6. The number of carbonyl (C=O) groups excluding carboxylic acids is 1. The van der Waals surface area contributed by atoms with Gasteiger partial charge in [0.15, 0.2) is 0 Å². The lowest BCUT2D eigenvalue weighted by atomic mass is 10.1. The van der Waals surface area contributed by atoms with Gasteiger partial charge in [-0.1, -0.05) is 23.4 Å². The van der Waals surface area contributed by atoms with Gasteiger partial charge in [0.05, 0.1) is 23.2 Å². The Morgan fingerprint density at radius 2 is 2.31 bits per heavy atom. The summed E-state index contributed by atoms with van der Waals surface area (Å²) in [6.07, 6.45) is 0. The Kier molecular flexibility index (Phi) is 4.39. The summed E-state index contributed by atoms with van der Waals surface area (Å²) in [6.45, 7) is 1.71. The van der Waals surface area contributed by atoms with Crippen LogP contribution in [0.5, 0.6) is 0 Å². The molecule has 0 aromatic heterocycles. The predicted molar refractivity (Wildman–Crippen MR) is 61.7 cm³/mol. The zero-order valence-corrected chi connectivity index (χ0v) is 9.43. The van der Waals surface area contributed by atoms with Crippen molar-refractivity contribution in [3.63, 3.8) is 0 Å². The molecule has 0 heterocycles. The number of nitrogens with zero attached hydrogens (tertiary/aromatic N) is 1. The van der Waals surface area contributed by atoms with Gasteiger partial charge < -0.3 is 5.32 Å². The lowest BCUT2D eigenvalue weighted by molar-refractivity contribution is -0.118. The zero-order chi connectivity index (χ0) is 12.0. The zero-order valence-electron chi connectivity index (χ0n) is 8.67. The third-order valence-electron chi connectivity index (χ3n) is 1.75. The maximum Gasteiger partial charge on any atom is 0.217 e. The summed E-state index contributed by atoms with van der Waals surface area (Å²) >= 11 is 5.91. The van der Waals surface area contributed by atoms with Gasteiger partial charge in [-0.25, -0.2) is 0 Å². The molecule has 0 spiro atoms. The number of benzene rings is 1. The SMILES string of the molecule is CC(=O)NCC#Cc1ccc(C#N)cc1Cl. The topological polar surface area (TPSA) is 52.9 Å². The third-order valence-corrected chi connectivity index (χ3v) is 2.06. The van der Waals surface area contributed by atoms with Gasteiger partial charge in [0.1, 0.15) is 0 Å². The number of hydrogen-bond donors (Lipinski definition) is 1. The summed E-state index contributed by atoms with van der Waals surface area (Å²) in [5.41, 5.74) is 1.14. The van der Waals surface area contributed by atoms with E-state index in [4.69, 9.17) is 16.9 Å². The van der Waals surface area contributed by atoms with Crippen molar-refractivity contribution in [3.05, 3.63) is 34.3 Å². The van der Waals surface area contributed by atoms with Crippen molar-refractivity contribution in [2.75, 3.05) is 6.54 Å². The molecule has 0 aliphatic rings. The van der Waals surface area contributed by atoms with Crippen molar-refractivity contribution < 1.29 is 4.79 Å². The fraction of sp³-hybridized carbons (Fsp3) is 0.167. The molecule has 1 rings (SSSR count). The van der Waals surface area contributed by atoms with E-state index in [1.54, 1.807) is 18.2 Å². The highest BCUT2D eigenvalue weighted by atomic mass is 35.5. The first-order valence-corrected chi connectivity index (χ1v) is 4.94. The highest BCUT2D eigenvalue weighted by molar-refractivity contribution is 6.31. The van der Waals surface area contributed by atoms with Crippen molar-refractivity contribution >= 4 is 17.5 Å². The summed E-state index contributed by atoms with van der Waals surface area (Å²) in [7, 11) is 0.